The van der Waals surface area contributed by atoms with Gasteiger partial charge in [0, 0.05) is 25.7 Å². The van der Waals surface area contributed by atoms with Gasteiger partial charge in [0.05, 0.1) is 0 Å². The first-order chi connectivity index (χ1) is 7.41. The van der Waals surface area contributed by atoms with Gasteiger partial charge in [-0.3, -0.25) is 9.59 Å². The summed E-state index contributed by atoms with van der Waals surface area (Å²) in [5.74, 6) is -0.591. The van der Waals surface area contributed by atoms with Gasteiger partial charge in [0.25, 0.3) is 0 Å². The smallest absolute Gasteiger partial charge is 0.156 e. The maximum absolute atomic E-state index is 11.1. The molecule has 16 heavy (non-hydrogen) atoms. The Morgan fingerprint density at radius 1 is 0.688 bits per heavy atom. The van der Waals surface area contributed by atoms with E-state index >= 15 is 0 Å². The maximum Gasteiger partial charge on any atom is 0.156 e. The zero-order valence-corrected chi connectivity index (χ0v) is 9.62. The molecule has 0 saturated carbocycles. The van der Waals surface area contributed by atoms with Gasteiger partial charge in [-0.1, -0.05) is 0 Å². The molecule has 0 atom stereocenters. The third-order valence-electron chi connectivity index (χ3n) is 1.90. The summed E-state index contributed by atoms with van der Waals surface area (Å²) in [6.07, 6.45) is 3.00. The molecule has 0 N–H and O–H groups in total. The number of rotatable bonds is 8. The van der Waals surface area contributed by atoms with Crippen LogP contribution in [-0.4, -0.2) is 23.1 Å². The molecular weight excluding hydrogens is 208 g/mol. The molecule has 88 valence electrons. The minimum Gasteiger partial charge on any atom is -0.300 e. The van der Waals surface area contributed by atoms with E-state index in [1.54, 1.807) is 0 Å². The van der Waals surface area contributed by atoms with Crippen molar-refractivity contribution >= 4 is 23.1 Å². The van der Waals surface area contributed by atoms with Gasteiger partial charge < -0.3 is 9.59 Å². The number of allylic oxidation sites excluding steroid dienone is 2. The minimum absolute atomic E-state index is 0.0512. The van der Waals surface area contributed by atoms with Gasteiger partial charge in [0.2, 0.25) is 0 Å². The molecule has 0 radical (unpaired) electrons. The van der Waals surface area contributed by atoms with Crippen LogP contribution in [0.5, 0.6) is 0 Å². The van der Waals surface area contributed by atoms with Crippen molar-refractivity contribution in [3.05, 3.63) is 12.2 Å². The highest BCUT2D eigenvalue weighted by Gasteiger charge is 2.02. The number of carbonyl (C=O) groups excluding carboxylic acids is 4. The second kappa shape index (κ2) is 7.68. The van der Waals surface area contributed by atoms with Crippen LogP contribution in [0.15, 0.2) is 12.2 Å². The first kappa shape index (κ1) is 14.4. The summed E-state index contributed by atoms with van der Waals surface area (Å²) < 4.78 is 0. The normalized spacial score (nSPS) is 10.4. The van der Waals surface area contributed by atoms with Crippen LogP contribution in [0.1, 0.15) is 39.5 Å². The number of ketones is 4. The SMILES string of the molecule is CC(=O)CCC(=O)/C=C/C(=O)CCC(C)=O. The molecule has 0 heterocycles. The molecule has 0 aliphatic carbocycles. The fourth-order valence-corrected chi connectivity index (χ4v) is 0.951. The van der Waals surface area contributed by atoms with E-state index in [0.29, 0.717) is 0 Å². The molecular formula is C12H16O4. The van der Waals surface area contributed by atoms with Crippen molar-refractivity contribution in [3.63, 3.8) is 0 Å². The Morgan fingerprint density at radius 2 is 1.00 bits per heavy atom. The molecule has 0 bridgehead atoms. The van der Waals surface area contributed by atoms with Gasteiger partial charge in [-0.15, -0.1) is 0 Å². The van der Waals surface area contributed by atoms with Crippen molar-refractivity contribution in [3.8, 4) is 0 Å². The average molecular weight is 224 g/mol. The first-order valence-corrected chi connectivity index (χ1v) is 5.14. The van der Waals surface area contributed by atoms with Crippen LogP contribution in [0.2, 0.25) is 0 Å². The van der Waals surface area contributed by atoms with E-state index in [1.165, 1.54) is 26.0 Å². The van der Waals surface area contributed by atoms with E-state index in [4.69, 9.17) is 0 Å². The van der Waals surface area contributed by atoms with Crippen molar-refractivity contribution < 1.29 is 19.2 Å². The fraction of sp³-hybridized carbons (Fsp3) is 0.500. The Morgan fingerprint density at radius 3 is 1.25 bits per heavy atom. The van der Waals surface area contributed by atoms with Gasteiger partial charge >= 0.3 is 0 Å². The summed E-state index contributed by atoms with van der Waals surface area (Å²) in [6.45, 7) is 2.82. The Hall–Kier alpha value is -1.58. The van der Waals surface area contributed by atoms with Crippen molar-refractivity contribution in [2.24, 2.45) is 0 Å². The Balaban J connectivity index is 3.88. The third-order valence-corrected chi connectivity index (χ3v) is 1.90. The summed E-state index contributed by atoms with van der Waals surface area (Å²) in [7, 11) is 0. The molecule has 0 saturated heterocycles. The highest BCUT2D eigenvalue weighted by Crippen LogP contribution is 1.97. The molecule has 0 fully saturated rings. The second-order valence-electron chi connectivity index (χ2n) is 3.67. The lowest BCUT2D eigenvalue weighted by molar-refractivity contribution is -0.121. The van der Waals surface area contributed by atoms with Crippen molar-refractivity contribution in [2.75, 3.05) is 0 Å². The fourth-order valence-electron chi connectivity index (χ4n) is 0.951. The van der Waals surface area contributed by atoms with Gasteiger partial charge in [-0.25, -0.2) is 0 Å². The van der Waals surface area contributed by atoms with E-state index in [1.807, 2.05) is 0 Å². The van der Waals surface area contributed by atoms with Crippen molar-refractivity contribution in [1.29, 1.82) is 0 Å². The molecule has 0 aliphatic heterocycles. The average Bonchev–Trinajstić information content (AvgIpc) is 2.20. The van der Waals surface area contributed by atoms with Gasteiger partial charge in [-0.05, 0) is 26.0 Å². The molecule has 0 aliphatic rings. The predicted molar refractivity (Wildman–Crippen MR) is 59.0 cm³/mol. The van der Waals surface area contributed by atoms with E-state index in [9.17, 15) is 19.2 Å². The number of carbonyl (C=O) groups is 4. The lowest BCUT2D eigenvalue weighted by atomic mass is 10.1. The lowest BCUT2D eigenvalue weighted by Crippen LogP contribution is -2.01. The molecule has 4 nitrogen and oxygen atoms in total. The molecule has 0 amide bonds. The van der Waals surface area contributed by atoms with Crippen LogP contribution in [0.4, 0.5) is 0 Å². The quantitative estimate of drug-likeness (QED) is 0.585. The topological polar surface area (TPSA) is 68.3 Å². The number of hydrogen-bond donors (Lipinski definition) is 0. The minimum atomic E-state index is -0.244. The zero-order chi connectivity index (χ0) is 12.6. The van der Waals surface area contributed by atoms with Crippen LogP contribution in [0.3, 0.4) is 0 Å². The van der Waals surface area contributed by atoms with Crippen molar-refractivity contribution in [1.82, 2.24) is 0 Å². The van der Waals surface area contributed by atoms with Gasteiger partial charge in [0.1, 0.15) is 11.6 Å². The van der Waals surface area contributed by atoms with Crippen LogP contribution in [0, 0.1) is 0 Å². The Labute approximate surface area is 94.7 Å². The molecule has 0 aromatic heterocycles. The highest BCUT2D eigenvalue weighted by atomic mass is 16.1. The number of hydrogen-bond acceptors (Lipinski definition) is 4. The molecule has 0 aromatic rings. The van der Waals surface area contributed by atoms with E-state index in [0.717, 1.165) is 0 Å². The van der Waals surface area contributed by atoms with E-state index in [-0.39, 0.29) is 48.8 Å². The largest absolute Gasteiger partial charge is 0.300 e. The third kappa shape index (κ3) is 8.99. The Bertz CT molecular complexity index is 294. The van der Waals surface area contributed by atoms with Gasteiger partial charge in [-0.2, -0.15) is 0 Å². The molecule has 0 rings (SSSR count). The monoisotopic (exact) mass is 224 g/mol. The zero-order valence-electron chi connectivity index (χ0n) is 9.62. The summed E-state index contributed by atoms with van der Waals surface area (Å²) in [4.78, 5) is 43.4. The second-order valence-corrected chi connectivity index (χ2v) is 3.67. The van der Waals surface area contributed by atoms with E-state index in [2.05, 4.69) is 0 Å². The summed E-state index contributed by atoms with van der Waals surface area (Å²) in [5, 5.41) is 0. The van der Waals surface area contributed by atoms with E-state index < -0.39 is 0 Å². The van der Waals surface area contributed by atoms with Gasteiger partial charge in [0.15, 0.2) is 11.6 Å². The Kier molecular flexibility index (Phi) is 6.92. The molecule has 0 unspecified atom stereocenters. The summed E-state index contributed by atoms with van der Waals surface area (Å²) in [6, 6.07) is 0. The maximum atomic E-state index is 11.1. The molecule has 0 spiro atoms. The highest BCUT2D eigenvalue weighted by molar-refractivity contribution is 6.00. The van der Waals surface area contributed by atoms with Crippen molar-refractivity contribution in [2.45, 2.75) is 39.5 Å². The predicted octanol–water partition coefficient (Wildman–Crippen LogP) is 1.42. The van der Waals surface area contributed by atoms with Crippen LogP contribution < -0.4 is 0 Å². The first-order valence-electron chi connectivity index (χ1n) is 5.14. The standard InChI is InChI=1S/C12H16O4/c1-9(13)3-5-11(15)7-8-12(16)6-4-10(2)14/h7-8H,3-6H2,1-2H3/b8-7+. The summed E-state index contributed by atoms with van der Waals surface area (Å²) >= 11 is 0. The number of Topliss-reactive ketones (excluding diaryl/α,β-unsaturated/α-hetero) is 2. The molecule has 4 heteroatoms. The molecule has 0 aromatic carbocycles. The van der Waals surface area contributed by atoms with Crippen LogP contribution >= 0.6 is 0 Å². The lowest BCUT2D eigenvalue weighted by Gasteiger charge is -1.93. The summed E-state index contributed by atoms with van der Waals surface area (Å²) in [5.41, 5.74) is 0. The van der Waals surface area contributed by atoms with Crippen LogP contribution in [0.25, 0.3) is 0 Å². The van der Waals surface area contributed by atoms with Crippen LogP contribution in [-0.2, 0) is 19.2 Å².